The van der Waals surface area contributed by atoms with Crippen LogP contribution in [0.4, 0.5) is 13.2 Å². The summed E-state index contributed by atoms with van der Waals surface area (Å²) in [5.74, 6) is -1.19. The molecule has 0 fully saturated rings. The highest BCUT2D eigenvalue weighted by Gasteiger charge is 2.28. The fourth-order valence-corrected chi connectivity index (χ4v) is 1.55. The van der Waals surface area contributed by atoms with Crippen molar-refractivity contribution in [2.45, 2.75) is 25.6 Å². The average molecular weight is 340 g/mol. The standard InChI is InChI=1S/C14H23F3N2O4/c1-4-8-22-11(2)13(21)23-9-12(20)18-6-5-7-19(3)10-14(15,16)17/h4,11H,1,5-10H2,2-3H3,(H,18,20). The normalized spacial score (nSPS) is 12.8. The lowest BCUT2D eigenvalue weighted by atomic mass is 10.3. The van der Waals surface area contributed by atoms with Crippen LogP contribution in [0.25, 0.3) is 0 Å². The number of halogens is 3. The van der Waals surface area contributed by atoms with Crippen LogP contribution in [0.5, 0.6) is 0 Å². The molecular formula is C14H23F3N2O4. The maximum Gasteiger partial charge on any atom is 0.401 e. The van der Waals surface area contributed by atoms with Crippen LogP contribution in [0.3, 0.4) is 0 Å². The number of esters is 1. The minimum Gasteiger partial charge on any atom is -0.454 e. The molecule has 0 aromatic heterocycles. The Hall–Kier alpha value is -1.61. The molecule has 0 saturated carbocycles. The molecular weight excluding hydrogens is 317 g/mol. The number of nitrogens with one attached hydrogen (secondary N) is 1. The maximum atomic E-state index is 12.1. The molecule has 0 aliphatic heterocycles. The summed E-state index contributed by atoms with van der Waals surface area (Å²) >= 11 is 0. The van der Waals surface area contributed by atoms with Crippen LogP contribution in [0.1, 0.15) is 13.3 Å². The molecule has 0 aromatic rings. The van der Waals surface area contributed by atoms with Crippen LogP contribution >= 0.6 is 0 Å². The van der Waals surface area contributed by atoms with E-state index >= 15 is 0 Å². The number of hydrogen-bond donors (Lipinski definition) is 1. The van der Waals surface area contributed by atoms with Gasteiger partial charge < -0.3 is 14.8 Å². The van der Waals surface area contributed by atoms with E-state index in [-0.39, 0.29) is 19.7 Å². The lowest BCUT2D eigenvalue weighted by molar-refractivity contribution is -0.158. The van der Waals surface area contributed by atoms with Gasteiger partial charge in [0.15, 0.2) is 12.7 Å². The zero-order valence-corrected chi connectivity index (χ0v) is 13.3. The van der Waals surface area contributed by atoms with Gasteiger partial charge in [-0.3, -0.25) is 9.69 Å². The number of carbonyl (C=O) groups excluding carboxylic acids is 2. The molecule has 23 heavy (non-hydrogen) atoms. The molecule has 0 spiro atoms. The van der Waals surface area contributed by atoms with Crippen LogP contribution in [0.15, 0.2) is 12.7 Å². The lowest BCUT2D eigenvalue weighted by Gasteiger charge is -2.18. The minimum absolute atomic E-state index is 0.187. The van der Waals surface area contributed by atoms with Crippen LogP contribution in [-0.2, 0) is 19.1 Å². The predicted molar refractivity (Wildman–Crippen MR) is 77.7 cm³/mol. The summed E-state index contributed by atoms with van der Waals surface area (Å²) in [5.41, 5.74) is 0. The predicted octanol–water partition coefficient (Wildman–Crippen LogP) is 1.12. The van der Waals surface area contributed by atoms with Gasteiger partial charge in [0.05, 0.1) is 13.2 Å². The molecule has 0 aromatic carbocycles. The molecule has 0 saturated heterocycles. The molecule has 0 aliphatic carbocycles. The van der Waals surface area contributed by atoms with E-state index in [2.05, 4.69) is 11.9 Å². The first-order valence-electron chi connectivity index (χ1n) is 7.07. The SMILES string of the molecule is C=CCOC(C)C(=O)OCC(=O)NCCCN(C)CC(F)(F)F. The lowest BCUT2D eigenvalue weighted by Crippen LogP contribution is -2.35. The molecule has 0 heterocycles. The van der Waals surface area contributed by atoms with E-state index in [0.29, 0.717) is 6.42 Å². The number of hydrogen-bond acceptors (Lipinski definition) is 5. The smallest absolute Gasteiger partial charge is 0.401 e. The number of carbonyl (C=O) groups is 2. The monoisotopic (exact) mass is 340 g/mol. The highest BCUT2D eigenvalue weighted by Crippen LogP contribution is 2.15. The van der Waals surface area contributed by atoms with Crippen LogP contribution < -0.4 is 5.32 Å². The molecule has 1 atom stereocenters. The van der Waals surface area contributed by atoms with Gasteiger partial charge in [0.25, 0.3) is 5.91 Å². The fourth-order valence-electron chi connectivity index (χ4n) is 1.55. The molecule has 1 unspecified atom stereocenters. The highest BCUT2D eigenvalue weighted by molar-refractivity contribution is 5.81. The first-order chi connectivity index (χ1) is 10.7. The summed E-state index contributed by atoms with van der Waals surface area (Å²) in [6.07, 6.45) is -3.22. The van der Waals surface area contributed by atoms with E-state index in [0.717, 1.165) is 4.90 Å². The number of rotatable bonds is 11. The van der Waals surface area contributed by atoms with E-state index < -0.39 is 37.3 Å². The molecule has 0 radical (unpaired) electrons. The van der Waals surface area contributed by atoms with Crippen molar-refractivity contribution in [3.8, 4) is 0 Å². The van der Waals surface area contributed by atoms with E-state index in [1.165, 1.54) is 20.0 Å². The molecule has 0 bridgehead atoms. The van der Waals surface area contributed by atoms with E-state index in [1.54, 1.807) is 0 Å². The molecule has 1 N–H and O–H groups in total. The molecule has 0 rings (SSSR count). The van der Waals surface area contributed by atoms with E-state index in [4.69, 9.17) is 9.47 Å². The van der Waals surface area contributed by atoms with Gasteiger partial charge in [0.1, 0.15) is 0 Å². The number of alkyl halides is 3. The van der Waals surface area contributed by atoms with Gasteiger partial charge in [-0.15, -0.1) is 6.58 Å². The third-order valence-electron chi connectivity index (χ3n) is 2.63. The number of nitrogens with zero attached hydrogens (tertiary/aromatic N) is 1. The first kappa shape index (κ1) is 21.4. The van der Waals surface area contributed by atoms with Crippen LogP contribution in [-0.4, -0.2) is 69.0 Å². The second kappa shape index (κ2) is 11.0. The second-order valence-electron chi connectivity index (χ2n) is 4.93. The van der Waals surface area contributed by atoms with Crippen molar-refractivity contribution in [1.29, 1.82) is 0 Å². The third-order valence-corrected chi connectivity index (χ3v) is 2.63. The Morgan fingerprint density at radius 1 is 1.39 bits per heavy atom. The van der Waals surface area contributed by atoms with Gasteiger partial charge in [0, 0.05) is 6.54 Å². The molecule has 134 valence electrons. The molecule has 0 aliphatic rings. The summed E-state index contributed by atoms with van der Waals surface area (Å²) < 4.78 is 46.0. The molecule has 6 nitrogen and oxygen atoms in total. The van der Waals surface area contributed by atoms with Crippen molar-refractivity contribution < 1.29 is 32.2 Å². The van der Waals surface area contributed by atoms with Crippen molar-refractivity contribution in [2.24, 2.45) is 0 Å². The zero-order valence-electron chi connectivity index (χ0n) is 13.3. The Balaban J connectivity index is 3.75. The minimum atomic E-state index is -4.24. The topological polar surface area (TPSA) is 67.9 Å². The van der Waals surface area contributed by atoms with Gasteiger partial charge in [0.2, 0.25) is 0 Å². The second-order valence-corrected chi connectivity index (χ2v) is 4.93. The number of ether oxygens (including phenoxy) is 2. The Morgan fingerprint density at radius 2 is 2.04 bits per heavy atom. The van der Waals surface area contributed by atoms with Crippen molar-refractivity contribution in [3.63, 3.8) is 0 Å². The first-order valence-corrected chi connectivity index (χ1v) is 7.07. The quantitative estimate of drug-likeness (QED) is 0.347. The summed E-state index contributed by atoms with van der Waals surface area (Å²) in [6, 6.07) is 0. The van der Waals surface area contributed by atoms with Gasteiger partial charge in [-0.05, 0) is 26.9 Å². The third kappa shape index (κ3) is 12.6. The summed E-state index contributed by atoms with van der Waals surface area (Å²) in [7, 11) is 1.35. The molecule has 9 heteroatoms. The Kier molecular flexibility index (Phi) is 10.2. The van der Waals surface area contributed by atoms with Gasteiger partial charge >= 0.3 is 12.1 Å². The maximum absolute atomic E-state index is 12.1. The van der Waals surface area contributed by atoms with Crippen LogP contribution in [0.2, 0.25) is 0 Å². The highest BCUT2D eigenvalue weighted by atomic mass is 19.4. The van der Waals surface area contributed by atoms with Crippen molar-refractivity contribution in [3.05, 3.63) is 12.7 Å². The van der Waals surface area contributed by atoms with E-state index in [1.807, 2.05) is 0 Å². The van der Waals surface area contributed by atoms with Gasteiger partial charge in [-0.2, -0.15) is 13.2 Å². The Morgan fingerprint density at radius 3 is 2.61 bits per heavy atom. The Bertz CT molecular complexity index is 389. The summed E-state index contributed by atoms with van der Waals surface area (Å²) in [6.45, 7) is 4.03. The zero-order chi connectivity index (χ0) is 17.9. The summed E-state index contributed by atoms with van der Waals surface area (Å²) in [5, 5.41) is 2.46. The Labute approximate surface area is 133 Å². The van der Waals surface area contributed by atoms with Crippen molar-refractivity contribution in [1.82, 2.24) is 10.2 Å². The average Bonchev–Trinajstić information content (AvgIpc) is 2.44. The molecule has 1 amide bonds. The summed E-state index contributed by atoms with van der Waals surface area (Å²) in [4.78, 5) is 24.0. The van der Waals surface area contributed by atoms with Crippen molar-refractivity contribution >= 4 is 11.9 Å². The van der Waals surface area contributed by atoms with Crippen molar-refractivity contribution in [2.75, 3.05) is 39.9 Å². The largest absolute Gasteiger partial charge is 0.454 e. The van der Waals surface area contributed by atoms with Gasteiger partial charge in [-0.1, -0.05) is 6.08 Å². The van der Waals surface area contributed by atoms with Crippen LogP contribution in [0, 0.1) is 0 Å². The van der Waals surface area contributed by atoms with E-state index in [9.17, 15) is 22.8 Å². The number of amides is 1. The van der Waals surface area contributed by atoms with Gasteiger partial charge in [-0.25, -0.2) is 4.79 Å². The fraction of sp³-hybridized carbons (Fsp3) is 0.714.